The van der Waals surface area contributed by atoms with Crippen molar-refractivity contribution >= 4 is 5.97 Å². The van der Waals surface area contributed by atoms with Gasteiger partial charge in [0.2, 0.25) is 0 Å². The molecular weight excluding hydrogens is 250 g/mol. The molecule has 1 rings (SSSR count). The van der Waals surface area contributed by atoms with E-state index in [1.807, 2.05) is 6.92 Å². The van der Waals surface area contributed by atoms with Crippen LogP contribution >= 0.6 is 0 Å². The summed E-state index contributed by atoms with van der Waals surface area (Å²) < 4.78 is 5.12. The molecule has 1 aliphatic rings. The summed E-state index contributed by atoms with van der Waals surface area (Å²) in [5.74, 6) is 1.40. The van der Waals surface area contributed by atoms with Crippen molar-refractivity contribution < 1.29 is 9.53 Å². The average Bonchev–Trinajstić information content (AvgIpc) is 2.35. The number of nitrogens with zero attached hydrogens (tertiary/aromatic N) is 1. The Hall–Kier alpha value is -0.570. The highest BCUT2D eigenvalue weighted by Crippen LogP contribution is 2.41. The molecule has 118 valence electrons. The number of carbonyl (C=O) groups is 1. The Balaban J connectivity index is 2.56. The summed E-state index contributed by atoms with van der Waals surface area (Å²) in [5.41, 5.74) is 0.416. The van der Waals surface area contributed by atoms with E-state index < -0.39 is 0 Å². The molecule has 1 saturated carbocycles. The summed E-state index contributed by atoms with van der Waals surface area (Å²) in [5, 5.41) is 0. The number of ether oxygens (including phenoxy) is 1. The van der Waals surface area contributed by atoms with Gasteiger partial charge < -0.3 is 9.64 Å². The van der Waals surface area contributed by atoms with E-state index in [4.69, 9.17) is 4.74 Å². The SMILES string of the molecule is CCOC(=O)CC(C1CCC(C(C)(C)C)CC1)N(C)C. The van der Waals surface area contributed by atoms with Gasteiger partial charge in [-0.3, -0.25) is 4.79 Å². The molecule has 3 heteroatoms. The molecule has 0 aliphatic heterocycles. The van der Waals surface area contributed by atoms with Crippen LogP contribution in [0.2, 0.25) is 0 Å². The van der Waals surface area contributed by atoms with Gasteiger partial charge >= 0.3 is 5.97 Å². The van der Waals surface area contributed by atoms with Gasteiger partial charge in [0.05, 0.1) is 13.0 Å². The van der Waals surface area contributed by atoms with E-state index in [9.17, 15) is 4.79 Å². The third-order valence-electron chi connectivity index (χ3n) is 4.89. The molecular formula is C17H33NO2. The van der Waals surface area contributed by atoms with E-state index >= 15 is 0 Å². The molecule has 0 N–H and O–H groups in total. The Morgan fingerprint density at radius 3 is 2.15 bits per heavy atom. The second-order valence-electron chi connectivity index (χ2n) is 7.52. The van der Waals surface area contributed by atoms with Gasteiger partial charge in [-0.1, -0.05) is 20.8 Å². The highest BCUT2D eigenvalue weighted by molar-refractivity contribution is 5.70. The number of hydrogen-bond donors (Lipinski definition) is 0. The van der Waals surface area contributed by atoms with Crippen LogP contribution in [-0.4, -0.2) is 37.6 Å². The molecule has 1 aliphatic carbocycles. The lowest BCUT2D eigenvalue weighted by atomic mass is 9.68. The van der Waals surface area contributed by atoms with Crippen LogP contribution in [0.1, 0.15) is 59.8 Å². The molecule has 0 amide bonds. The lowest BCUT2D eigenvalue weighted by molar-refractivity contribution is -0.145. The minimum absolute atomic E-state index is 0.0517. The molecule has 1 fully saturated rings. The van der Waals surface area contributed by atoms with E-state index in [0.717, 1.165) is 5.92 Å². The molecule has 0 aromatic rings. The minimum atomic E-state index is -0.0517. The van der Waals surface area contributed by atoms with Crippen molar-refractivity contribution in [3.8, 4) is 0 Å². The fourth-order valence-electron chi connectivity index (χ4n) is 3.53. The van der Waals surface area contributed by atoms with Gasteiger partial charge in [0.25, 0.3) is 0 Å². The summed E-state index contributed by atoms with van der Waals surface area (Å²) >= 11 is 0. The van der Waals surface area contributed by atoms with Crippen molar-refractivity contribution in [3.05, 3.63) is 0 Å². The first kappa shape index (κ1) is 17.5. The maximum Gasteiger partial charge on any atom is 0.307 e. The Kier molecular flexibility index (Phi) is 6.50. The Morgan fingerprint density at radius 1 is 1.20 bits per heavy atom. The third kappa shape index (κ3) is 5.08. The van der Waals surface area contributed by atoms with Crippen LogP contribution in [0.15, 0.2) is 0 Å². The predicted octanol–water partition coefficient (Wildman–Crippen LogP) is 3.72. The molecule has 0 heterocycles. The standard InChI is InChI=1S/C17H33NO2/c1-7-20-16(19)12-15(18(5)6)13-8-10-14(11-9-13)17(2,3)4/h13-15H,7-12H2,1-6H3. The van der Waals surface area contributed by atoms with Gasteiger partial charge in [0, 0.05) is 6.04 Å². The maximum absolute atomic E-state index is 11.8. The topological polar surface area (TPSA) is 29.5 Å². The maximum atomic E-state index is 11.8. The van der Waals surface area contributed by atoms with Gasteiger partial charge in [0.1, 0.15) is 0 Å². The highest BCUT2D eigenvalue weighted by Gasteiger charge is 2.34. The molecule has 0 aromatic heterocycles. The van der Waals surface area contributed by atoms with Crippen molar-refractivity contribution in [2.45, 2.75) is 65.8 Å². The fourth-order valence-corrected chi connectivity index (χ4v) is 3.53. The summed E-state index contributed by atoms with van der Waals surface area (Å²) in [6.45, 7) is 9.40. The Labute approximate surface area is 125 Å². The van der Waals surface area contributed by atoms with Crippen molar-refractivity contribution in [2.75, 3.05) is 20.7 Å². The molecule has 0 spiro atoms. The first-order chi connectivity index (χ1) is 9.25. The van der Waals surface area contributed by atoms with Crippen molar-refractivity contribution in [3.63, 3.8) is 0 Å². The molecule has 0 bridgehead atoms. The zero-order chi connectivity index (χ0) is 15.3. The summed E-state index contributed by atoms with van der Waals surface area (Å²) in [6.07, 6.45) is 5.60. The third-order valence-corrected chi connectivity index (χ3v) is 4.89. The second-order valence-corrected chi connectivity index (χ2v) is 7.52. The summed E-state index contributed by atoms with van der Waals surface area (Å²) in [6, 6.07) is 0.329. The lowest BCUT2D eigenvalue weighted by Gasteiger charge is -2.41. The number of esters is 1. The Bertz CT molecular complexity index is 299. The van der Waals surface area contributed by atoms with Crippen LogP contribution in [0, 0.1) is 17.3 Å². The van der Waals surface area contributed by atoms with E-state index in [-0.39, 0.29) is 5.97 Å². The summed E-state index contributed by atoms with van der Waals surface area (Å²) in [4.78, 5) is 14.0. The monoisotopic (exact) mass is 283 g/mol. The van der Waals surface area contributed by atoms with Crippen LogP contribution in [-0.2, 0) is 9.53 Å². The highest BCUT2D eigenvalue weighted by atomic mass is 16.5. The number of carbonyl (C=O) groups excluding carboxylic acids is 1. The van der Waals surface area contributed by atoms with Gasteiger partial charge in [-0.15, -0.1) is 0 Å². The first-order valence-electron chi connectivity index (χ1n) is 8.07. The Morgan fingerprint density at radius 2 is 1.75 bits per heavy atom. The van der Waals surface area contributed by atoms with Gasteiger partial charge in [-0.05, 0) is 64.0 Å². The van der Waals surface area contributed by atoms with E-state index in [1.165, 1.54) is 25.7 Å². The van der Waals surface area contributed by atoms with Crippen LogP contribution in [0.25, 0.3) is 0 Å². The van der Waals surface area contributed by atoms with Crippen molar-refractivity contribution in [2.24, 2.45) is 17.3 Å². The number of hydrogen-bond acceptors (Lipinski definition) is 3. The fraction of sp³-hybridized carbons (Fsp3) is 0.941. The number of rotatable bonds is 5. The van der Waals surface area contributed by atoms with E-state index in [1.54, 1.807) is 0 Å². The van der Waals surface area contributed by atoms with Crippen LogP contribution in [0.5, 0.6) is 0 Å². The van der Waals surface area contributed by atoms with Crippen LogP contribution in [0.3, 0.4) is 0 Å². The molecule has 3 nitrogen and oxygen atoms in total. The minimum Gasteiger partial charge on any atom is -0.466 e. The molecule has 0 saturated heterocycles. The van der Waals surface area contributed by atoms with Crippen LogP contribution < -0.4 is 0 Å². The summed E-state index contributed by atoms with van der Waals surface area (Å²) in [7, 11) is 4.17. The van der Waals surface area contributed by atoms with Gasteiger partial charge in [-0.25, -0.2) is 0 Å². The first-order valence-corrected chi connectivity index (χ1v) is 8.07. The van der Waals surface area contributed by atoms with Crippen molar-refractivity contribution in [1.82, 2.24) is 4.90 Å². The molecule has 20 heavy (non-hydrogen) atoms. The largest absolute Gasteiger partial charge is 0.466 e. The normalized spacial score (nSPS) is 25.6. The average molecular weight is 283 g/mol. The molecule has 1 atom stereocenters. The molecule has 0 aromatic carbocycles. The van der Waals surface area contributed by atoms with Crippen LogP contribution in [0.4, 0.5) is 0 Å². The lowest BCUT2D eigenvalue weighted by Crippen LogP contribution is -2.40. The molecule has 0 radical (unpaired) electrons. The van der Waals surface area contributed by atoms with Crippen molar-refractivity contribution in [1.29, 1.82) is 0 Å². The quantitative estimate of drug-likeness (QED) is 0.720. The smallest absolute Gasteiger partial charge is 0.307 e. The predicted molar refractivity (Wildman–Crippen MR) is 83.6 cm³/mol. The zero-order valence-electron chi connectivity index (χ0n) is 14.2. The zero-order valence-corrected chi connectivity index (χ0v) is 14.2. The second kappa shape index (κ2) is 7.44. The van der Waals surface area contributed by atoms with Gasteiger partial charge in [0.15, 0.2) is 0 Å². The van der Waals surface area contributed by atoms with E-state index in [0.29, 0.717) is 30.4 Å². The van der Waals surface area contributed by atoms with Gasteiger partial charge in [-0.2, -0.15) is 0 Å². The van der Waals surface area contributed by atoms with E-state index in [2.05, 4.69) is 39.8 Å². The molecule has 1 unspecified atom stereocenters.